The van der Waals surface area contributed by atoms with Crippen molar-refractivity contribution in [2.24, 2.45) is 0 Å². The van der Waals surface area contributed by atoms with Gasteiger partial charge in [-0.05, 0) is 38.7 Å². The number of nitrogens with zero attached hydrogens (tertiary/aromatic N) is 5. The summed E-state index contributed by atoms with van der Waals surface area (Å²) >= 11 is 0. The molecule has 176 valence electrons. The van der Waals surface area contributed by atoms with Crippen LogP contribution in [-0.2, 0) is 13.0 Å². The molecule has 0 unspecified atom stereocenters. The second-order valence-corrected chi connectivity index (χ2v) is 7.23. The number of nitrogens with one attached hydrogen (secondary N) is 1. The Morgan fingerprint density at radius 2 is 1.91 bits per heavy atom. The number of aliphatic hydroxyl groups excluding tert-OH is 1. The Morgan fingerprint density at radius 1 is 1.19 bits per heavy atom. The molecule has 1 aliphatic rings. The molecule has 3 aromatic heterocycles. The summed E-state index contributed by atoms with van der Waals surface area (Å²) in [7, 11) is 1.66. The van der Waals surface area contributed by atoms with Crippen LogP contribution >= 0.6 is 0 Å². The Balaban J connectivity index is 0.000000671. The zero-order valence-corrected chi connectivity index (χ0v) is 20.2. The molecule has 32 heavy (non-hydrogen) atoms. The number of hydrogen-bond donors (Lipinski definition) is 2. The summed E-state index contributed by atoms with van der Waals surface area (Å²) in [6.45, 7) is 10.9. The number of pyridine rings is 1. The summed E-state index contributed by atoms with van der Waals surface area (Å²) in [6.07, 6.45) is 10.5. The average Bonchev–Trinajstić information content (AvgIpc) is 3.28. The molecule has 1 aliphatic heterocycles. The van der Waals surface area contributed by atoms with Gasteiger partial charge < -0.3 is 15.3 Å². The van der Waals surface area contributed by atoms with Gasteiger partial charge in [-0.2, -0.15) is 9.61 Å². The van der Waals surface area contributed by atoms with Gasteiger partial charge in [0, 0.05) is 54.2 Å². The number of aromatic nitrogens is 4. The van der Waals surface area contributed by atoms with Gasteiger partial charge in [-0.25, -0.2) is 4.98 Å². The van der Waals surface area contributed by atoms with E-state index in [0.717, 1.165) is 42.4 Å². The summed E-state index contributed by atoms with van der Waals surface area (Å²) in [6, 6.07) is 6.18. The van der Waals surface area contributed by atoms with Gasteiger partial charge in [0.05, 0.1) is 6.20 Å². The molecule has 8 nitrogen and oxygen atoms in total. The van der Waals surface area contributed by atoms with Crippen molar-refractivity contribution in [1.29, 1.82) is 0 Å². The van der Waals surface area contributed by atoms with E-state index in [9.17, 15) is 0 Å². The molecule has 0 bridgehead atoms. The van der Waals surface area contributed by atoms with Crippen LogP contribution < -0.4 is 19.8 Å². The Bertz CT molecular complexity index is 937. The first-order valence-corrected chi connectivity index (χ1v) is 11.7. The van der Waals surface area contributed by atoms with Crippen molar-refractivity contribution in [3.63, 3.8) is 0 Å². The standard InChI is InChI=1S/C20H27N6O.C2H6O.C2H6/c1-3-17-14-22-26-18(21-13-16-8-7-11-25(15-16)27-2)12-19(23-20(17)26)24-9-5-4-6-10-24;1-2-3;1-2/h7-8,11-12,14-15,21H,3-6,9-10,13H2,1-2H3;3H,2H2,1H3;1-2H3/q+1;;. The topological polar surface area (TPSA) is 78.8 Å². The minimum absolute atomic E-state index is 0.250. The molecule has 1 saturated heterocycles. The highest BCUT2D eigenvalue weighted by Gasteiger charge is 2.17. The summed E-state index contributed by atoms with van der Waals surface area (Å²) in [5.74, 6) is 2.01. The van der Waals surface area contributed by atoms with E-state index in [1.165, 1.54) is 24.8 Å². The first-order chi connectivity index (χ1) is 15.7. The van der Waals surface area contributed by atoms with Crippen LogP contribution in [0.5, 0.6) is 0 Å². The van der Waals surface area contributed by atoms with Crippen LogP contribution in [0.15, 0.2) is 36.8 Å². The molecular formula is C24H39N6O2+. The third kappa shape index (κ3) is 6.56. The highest BCUT2D eigenvalue weighted by molar-refractivity contribution is 5.61. The first-order valence-electron chi connectivity index (χ1n) is 11.7. The van der Waals surface area contributed by atoms with Crippen molar-refractivity contribution in [3.8, 4) is 0 Å². The van der Waals surface area contributed by atoms with Crippen LogP contribution in [-0.4, -0.2) is 46.5 Å². The normalized spacial score (nSPS) is 13.0. The fraction of sp³-hybridized carbons (Fsp3) is 0.542. The largest absolute Gasteiger partial charge is 0.397 e. The fourth-order valence-corrected chi connectivity index (χ4v) is 3.57. The predicted molar refractivity (Wildman–Crippen MR) is 129 cm³/mol. The minimum Gasteiger partial charge on any atom is -0.397 e. The number of aryl methyl sites for hydroxylation is 1. The monoisotopic (exact) mass is 443 g/mol. The predicted octanol–water partition coefficient (Wildman–Crippen LogP) is 3.26. The maximum absolute atomic E-state index is 7.57. The Hall–Kier alpha value is -2.87. The molecule has 4 rings (SSSR count). The second kappa shape index (κ2) is 13.5. The third-order valence-corrected chi connectivity index (χ3v) is 5.11. The Kier molecular flexibility index (Phi) is 10.7. The highest BCUT2D eigenvalue weighted by Crippen LogP contribution is 2.24. The summed E-state index contributed by atoms with van der Waals surface area (Å²) in [5.41, 5.74) is 3.25. The van der Waals surface area contributed by atoms with Gasteiger partial charge in [-0.1, -0.05) is 20.8 Å². The number of aliphatic hydroxyl groups is 1. The van der Waals surface area contributed by atoms with E-state index in [1.807, 2.05) is 43.0 Å². The number of anilines is 2. The first kappa shape index (κ1) is 25.4. The Labute approximate surface area is 191 Å². The van der Waals surface area contributed by atoms with Crippen molar-refractivity contribution >= 4 is 17.3 Å². The molecule has 0 amide bonds. The lowest BCUT2D eigenvalue weighted by Crippen LogP contribution is -2.40. The molecule has 0 saturated carbocycles. The summed E-state index contributed by atoms with van der Waals surface area (Å²) in [4.78, 5) is 12.6. The van der Waals surface area contributed by atoms with E-state index in [4.69, 9.17) is 14.9 Å². The molecule has 0 radical (unpaired) electrons. The van der Waals surface area contributed by atoms with E-state index in [1.54, 1.807) is 18.8 Å². The third-order valence-electron chi connectivity index (χ3n) is 5.11. The van der Waals surface area contributed by atoms with E-state index < -0.39 is 0 Å². The van der Waals surface area contributed by atoms with E-state index in [-0.39, 0.29) is 6.61 Å². The fourth-order valence-electron chi connectivity index (χ4n) is 3.57. The Morgan fingerprint density at radius 3 is 2.56 bits per heavy atom. The van der Waals surface area contributed by atoms with E-state index in [0.29, 0.717) is 6.54 Å². The molecule has 4 heterocycles. The van der Waals surface area contributed by atoms with Gasteiger partial charge in [0.25, 0.3) is 0 Å². The summed E-state index contributed by atoms with van der Waals surface area (Å²) in [5, 5.41) is 15.7. The molecule has 0 spiro atoms. The number of hydrogen-bond acceptors (Lipinski definition) is 6. The highest BCUT2D eigenvalue weighted by atomic mass is 16.6. The second-order valence-electron chi connectivity index (χ2n) is 7.23. The maximum atomic E-state index is 7.57. The zero-order chi connectivity index (χ0) is 23.3. The van der Waals surface area contributed by atoms with Crippen LogP contribution in [0.25, 0.3) is 5.65 Å². The van der Waals surface area contributed by atoms with Gasteiger partial charge in [0.1, 0.15) is 18.7 Å². The van der Waals surface area contributed by atoms with Crippen molar-refractivity contribution in [2.45, 2.75) is 59.9 Å². The maximum Gasteiger partial charge on any atom is 0.227 e. The lowest BCUT2D eigenvalue weighted by Gasteiger charge is -2.28. The molecule has 2 N–H and O–H groups in total. The van der Waals surface area contributed by atoms with Crippen LogP contribution in [0.1, 0.15) is 58.1 Å². The van der Waals surface area contributed by atoms with Gasteiger partial charge in [0.15, 0.2) is 5.65 Å². The number of fused-ring (bicyclic) bond motifs is 1. The van der Waals surface area contributed by atoms with Gasteiger partial charge >= 0.3 is 0 Å². The number of rotatable bonds is 6. The molecule has 1 fully saturated rings. The van der Waals surface area contributed by atoms with Gasteiger partial charge in [0.2, 0.25) is 12.4 Å². The lowest BCUT2D eigenvalue weighted by molar-refractivity contribution is -0.885. The van der Waals surface area contributed by atoms with E-state index in [2.05, 4.69) is 34.4 Å². The zero-order valence-electron chi connectivity index (χ0n) is 20.2. The van der Waals surface area contributed by atoms with Crippen LogP contribution in [0.3, 0.4) is 0 Å². The van der Waals surface area contributed by atoms with Crippen LogP contribution in [0.4, 0.5) is 11.6 Å². The molecule has 0 aliphatic carbocycles. The van der Waals surface area contributed by atoms with Gasteiger partial charge in [-0.3, -0.25) is 4.84 Å². The molecule has 3 aromatic rings. The quantitative estimate of drug-likeness (QED) is 0.570. The van der Waals surface area contributed by atoms with Crippen molar-refractivity contribution in [1.82, 2.24) is 14.6 Å². The van der Waals surface area contributed by atoms with Gasteiger partial charge in [-0.15, -0.1) is 0 Å². The van der Waals surface area contributed by atoms with Crippen LogP contribution in [0.2, 0.25) is 0 Å². The van der Waals surface area contributed by atoms with Crippen molar-refractivity contribution in [3.05, 3.63) is 47.9 Å². The SMILES string of the molecule is CC.CCO.CCc1cnn2c(NCc3ccc[n+](OC)c3)cc(N3CCCCC3)nc12. The van der Waals surface area contributed by atoms with Crippen molar-refractivity contribution < 1.29 is 14.7 Å². The number of piperidine rings is 1. The smallest absolute Gasteiger partial charge is 0.227 e. The molecule has 0 aromatic carbocycles. The van der Waals surface area contributed by atoms with Crippen LogP contribution in [0, 0.1) is 0 Å². The molecule has 8 heteroatoms. The molecule has 0 atom stereocenters. The summed E-state index contributed by atoms with van der Waals surface area (Å²) < 4.78 is 3.61. The minimum atomic E-state index is 0.250. The van der Waals surface area contributed by atoms with Crippen molar-refractivity contribution in [2.75, 3.05) is 37.0 Å². The lowest BCUT2D eigenvalue weighted by atomic mass is 10.1. The average molecular weight is 444 g/mol. The molecular weight excluding hydrogens is 404 g/mol. The van der Waals surface area contributed by atoms with E-state index >= 15 is 0 Å².